The van der Waals surface area contributed by atoms with Gasteiger partial charge in [0, 0.05) is 19.0 Å². The minimum Gasteiger partial charge on any atom is -0.354 e. The lowest BCUT2D eigenvalue weighted by atomic mass is 10.1. The molecular formula is C17H21N5O2. The van der Waals surface area contributed by atoms with Crippen LogP contribution in [0, 0.1) is 17.2 Å². The van der Waals surface area contributed by atoms with Crippen LogP contribution in [0.5, 0.6) is 0 Å². The third-order valence-electron chi connectivity index (χ3n) is 3.84. The molecule has 7 heteroatoms. The summed E-state index contributed by atoms with van der Waals surface area (Å²) in [5.41, 5.74) is -0.0293. The van der Waals surface area contributed by atoms with E-state index in [-0.39, 0.29) is 29.7 Å². The van der Waals surface area contributed by atoms with Gasteiger partial charge < -0.3 is 5.32 Å². The summed E-state index contributed by atoms with van der Waals surface area (Å²) >= 11 is 0. The molecule has 0 spiro atoms. The van der Waals surface area contributed by atoms with E-state index in [1.54, 1.807) is 24.3 Å². The topological polar surface area (TPSA) is 91.0 Å². The molecule has 1 N–H and O–H groups in total. The summed E-state index contributed by atoms with van der Waals surface area (Å²) in [4.78, 5) is 26.7. The van der Waals surface area contributed by atoms with Gasteiger partial charge in [0.2, 0.25) is 0 Å². The summed E-state index contributed by atoms with van der Waals surface area (Å²) in [7, 11) is 1.53. The Morgan fingerprint density at radius 3 is 2.67 bits per heavy atom. The van der Waals surface area contributed by atoms with E-state index < -0.39 is 0 Å². The fourth-order valence-corrected chi connectivity index (χ4v) is 2.52. The molecule has 0 radical (unpaired) electrons. The van der Waals surface area contributed by atoms with Gasteiger partial charge in [-0.25, -0.2) is 4.68 Å². The standard InChI is InChI=1S/C17H21N5O2/c1-4-21(10-12(2)9-18)11-22-17(24)14-8-6-5-7-13(14)15(20-22)16(23)19-3/h5-8,12H,4,10-11H2,1-3H3,(H,19,23). The molecule has 126 valence electrons. The Balaban J connectivity index is 2.50. The van der Waals surface area contributed by atoms with Crippen molar-refractivity contribution < 1.29 is 4.79 Å². The van der Waals surface area contributed by atoms with Crippen LogP contribution in [-0.4, -0.2) is 40.7 Å². The average Bonchev–Trinajstić information content (AvgIpc) is 2.62. The molecule has 1 aromatic carbocycles. The zero-order chi connectivity index (χ0) is 17.7. The van der Waals surface area contributed by atoms with Crippen molar-refractivity contribution in [1.29, 1.82) is 5.26 Å². The predicted molar refractivity (Wildman–Crippen MR) is 91.4 cm³/mol. The van der Waals surface area contributed by atoms with Crippen LogP contribution < -0.4 is 10.9 Å². The summed E-state index contributed by atoms with van der Waals surface area (Å²) in [5, 5.41) is 16.8. The maximum Gasteiger partial charge on any atom is 0.275 e. The van der Waals surface area contributed by atoms with Crippen LogP contribution in [0.4, 0.5) is 0 Å². The van der Waals surface area contributed by atoms with Gasteiger partial charge in [0.05, 0.1) is 24.0 Å². The zero-order valence-corrected chi connectivity index (χ0v) is 14.1. The fraction of sp³-hybridized carbons (Fsp3) is 0.412. The van der Waals surface area contributed by atoms with Crippen molar-refractivity contribution >= 4 is 16.7 Å². The lowest BCUT2D eigenvalue weighted by Crippen LogP contribution is -2.37. The van der Waals surface area contributed by atoms with Crippen LogP contribution in [0.2, 0.25) is 0 Å². The maximum absolute atomic E-state index is 12.7. The quantitative estimate of drug-likeness (QED) is 0.861. The highest BCUT2D eigenvalue weighted by Gasteiger charge is 2.17. The largest absolute Gasteiger partial charge is 0.354 e. The number of fused-ring (bicyclic) bond motifs is 1. The van der Waals surface area contributed by atoms with E-state index in [2.05, 4.69) is 16.5 Å². The molecule has 0 saturated heterocycles. The van der Waals surface area contributed by atoms with Crippen molar-refractivity contribution in [2.75, 3.05) is 20.1 Å². The van der Waals surface area contributed by atoms with Gasteiger partial charge in [0.25, 0.3) is 11.5 Å². The molecule has 1 heterocycles. The van der Waals surface area contributed by atoms with E-state index in [9.17, 15) is 9.59 Å². The first-order chi connectivity index (χ1) is 11.5. The molecular weight excluding hydrogens is 306 g/mol. The van der Waals surface area contributed by atoms with Crippen LogP contribution in [0.1, 0.15) is 24.3 Å². The number of carbonyl (C=O) groups excluding carboxylic acids is 1. The van der Waals surface area contributed by atoms with Gasteiger partial charge in [-0.2, -0.15) is 10.4 Å². The third kappa shape index (κ3) is 3.60. The van der Waals surface area contributed by atoms with Gasteiger partial charge in [0.1, 0.15) is 0 Å². The van der Waals surface area contributed by atoms with Gasteiger partial charge in [-0.05, 0) is 19.5 Å². The van der Waals surface area contributed by atoms with E-state index in [0.29, 0.717) is 23.9 Å². The second kappa shape index (κ2) is 7.70. The highest BCUT2D eigenvalue weighted by molar-refractivity contribution is 6.04. The smallest absolute Gasteiger partial charge is 0.275 e. The molecule has 2 aromatic rings. The summed E-state index contributed by atoms with van der Waals surface area (Å²) in [6.45, 7) is 5.22. The number of carbonyl (C=O) groups is 1. The van der Waals surface area contributed by atoms with Crippen molar-refractivity contribution in [2.24, 2.45) is 5.92 Å². The van der Waals surface area contributed by atoms with Crippen molar-refractivity contribution in [3.8, 4) is 6.07 Å². The average molecular weight is 327 g/mol. The van der Waals surface area contributed by atoms with Crippen LogP contribution in [0.15, 0.2) is 29.1 Å². The number of hydrogen-bond donors (Lipinski definition) is 1. The molecule has 0 aliphatic rings. The second-order valence-electron chi connectivity index (χ2n) is 5.62. The molecule has 0 aliphatic heterocycles. The molecule has 24 heavy (non-hydrogen) atoms. The van der Waals surface area contributed by atoms with Crippen LogP contribution in [0.3, 0.4) is 0 Å². The van der Waals surface area contributed by atoms with Crippen molar-refractivity contribution in [1.82, 2.24) is 20.0 Å². The van der Waals surface area contributed by atoms with E-state index >= 15 is 0 Å². The number of amides is 1. The summed E-state index contributed by atoms with van der Waals surface area (Å²) in [6.07, 6.45) is 0. The normalized spacial score (nSPS) is 12.1. The Labute approximate surface area is 140 Å². The first-order valence-corrected chi connectivity index (χ1v) is 7.85. The molecule has 1 aromatic heterocycles. The molecule has 0 aliphatic carbocycles. The van der Waals surface area contributed by atoms with Gasteiger partial charge in [-0.1, -0.05) is 25.1 Å². The van der Waals surface area contributed by atoms with Crippen LogP contribution in [0.25, 0.3) is 10.8 Å². The Bertz CT molecular complexity index is 837. The van der Waals surface area contributed by atoms with E-state index in [1.807, 2.05) is 18.7 Å². The summed E-state index contributed by atoms with van der Waals surface area (Å²) in [6, 6.07) is 9.12. The predicted octanol–water partition coefficient (Wildman–Crippen LogP) is 1.20. The molecule has 0 saturated carbocycles. The first kappa shape index (κ1) is 17.6. The first-order valence-electron chi connectivity index (χ1n) is 7.85. The highest BCUT2D eigenvalue weighted by Crippen LogP contribution is 2.13. The number of nitriles is 1. The van der Waals surface area contributed by atoms with Gasteiger partial charge in [-0.15, -0.1) is 0 Å². The summed E-state index contributed by atoms with van der Waals surface area (Å²) < 4.78 is 1.29. The Morgan fingerprint density at radius 2 is 2.08 bits per heavy atom. The molecule has 1 amide bonds. The fourth-order valence-electron chi connectivity index (χ4n) is 2.52. The Morgan fingerprint density at radius 1 is 1.42 bits per heavy atom. The number of rotatable bonds is 6. The summed E-state index contributed by atoms with van der Waals surface area (Å²) in [5.74, 6) is -0.493. The molecule has 0 fully saturated rings. The van der Waals surface area contributed by atoms with Crippen LogP contribution in [-0.2, 0) is 6.67 Å². The third-order valence-corrected chi connectivity index (χ3v) is 3.84. The Hall–Kier alpha value is -2.72. The van der Waals surface area contributed by atoms with Gasteiger partial charge in [-0.3, -0.25) is 14.5 Å². The number of nitrogens with one attached hydrogen (secondary N) is 1. The number of aromatic nitrogens is 2. The minimum absolute atomic E-state index is 0.153. The minimum atomic E-state index is -0.339. The molecule has 0 bridgehead atoms. The van der Waals surface area contributed by atoms with E-state index in [0.717, 1.165) is 0 Å². The van der Waals surface area contributed by atoms with Crippen molar-refractivity contribution in [3.05, 3.63) is 40.3 Å². The van der Waals surface area contributed by atoms with Gasteiger partial charge in [0.15, 0.2) is 5.69 Å². The van der Waals surface area contributed by atoms with Gasteiger partial charge >= 0.3 is 0 Å². The molecule has 1 atom stereocenters. The van der Waals surface area contributed by atoms with E-state index in [1.165, 1.54) is 11.7 Å². The van der Waals surface area contributed by atoms with E-state index in [4.69, 9.17) is 5.26 Å². The Kier molecular flexibility index (Phi) is 5.66. The number of hydrogen-bond acceptors (Lipinski definition) is 5. The van der Waals surface area contributed by atoms with Crippen molar-refractivity contribution in [3.63, 3.8) is 0 Å². The zero-order valence-electron chi connectivity index (χ0n) is 14.1. The van der Waals surface area contributed by atoms with Crippen LogP contribution >= 0.6 is 0 Å². The lowest BCUT2D eigenvalue weighted by Gasteiger charge is -2.22. The molecule has 7 nitrogen and oxygen atoms in total. The maximum atomic E-state index is 12.7. The number of nitrogens with zero attached hydrogens (tertiary/aromatic N) is 4. The lowest BCUT2D eigenvalue weighted by molar-refractivity contribution is 0.0955. The molecule has 1 unspecified atom stereocenters. The highest BCUT2D eigenvalue weighted by atomic mass is 16.2. The SMILES string of the molecule is CCN(CC(C)C#N)Cn1nc(C(=O)NC)c2ccccc2c1=O. The number of benzene rings is 1. The molecule has 2 rings (SSSR count). The monoisotopic (exact) mass is 327 g/mol. The second-order valence-corrected chi connectivity index (χ2v) is 5.62. The van der Waals surface area contributed by atoms with Crippen molar-refractivity contribution in [2.45, 2.75) is 20.5 Å².